The Kier molecular flexibility index (Phi) is 2.28. The second-order valence-electron chi connectivity index (χ2n) is 2.79. The van der Waals surface area contributed by atoms with Crippen LogP contribution in [-0.2, 0) is 0 Å². The molecule has 1 atom stereocenters. The Morgan fingerprint density at radius 3 is 3.17 bits per heavy atom. The minimum absolute atomic E-state index is 0.113. The van der Waals surface area contributed by atoms with E-state index in [1.165, 1.54) is 0 Å². The van der Waals surface area contributed by atoms with Crippen LogP contribution in [0, 0.1) is 0 Å². The van der Waals surface area contributed by atoms with Crippen LogP contribution in [0.5, 0.6) is 5.75 Å². The summed E-state index contributed by atoms with van der Waals surface area (Å²) in [5.74, 6) is 0.913. The predicted molar refractivity (Wildman–Crippen MR) is 52.8 cm³/mol. The third-order valence-electron chi connectivity index (χ3n) is 1.94. The summed E-state index contributed by atoms with van der Waals surface area (Å²) >= 11 is 9.49. The molecule has 1 aromatic rings. The lowest BCUT2D eigenvalue weighted by molar-refractivity contribution is 0.285. The van der Waals surface area contributed by atoms with Gasteiger partial charge in [0.2, 0.25) is 0 Å². The Labute approximate surface area is 84.8 Å². The Morgan fingerprint density at radius 1 is 1.50 bits per heavy atom. The van der Waals surface area contributed by atoms with Gasteiger partial charge in [0.15, 0.2) is 0 Å². The second kappa shape index (κ2) is 3.27. The first-order valence-electron chi connectivity index (χ1n) is 3.83. The molecule has 1 heterocycles. The van der Waals surface area contributed by atoms with Crippen molar-refractivity contribution in [2.45, 2.75) is 11.8 Å². The molecule has 12 heavy (non-hydrogen) atoms. The number of alkyl halides is 1. The molecular weight excluding hydrogens is 239 g/mol. The van der Waals surface area contributed by atoms with Crippen LogP contribution in [0.4, 0.5) is 0 Å². The van der Waals surface area contributed by atoms with Crippen LogP contribution < -0.4 is 4.74 Å². The van der Waals surface area contributed by atoms with E-state index >= 15 is 0 Å². The van der Waals surface area contributed by atoms with Crippen molar-refractivity contribution in [1.82, 2.24) is 0 Å². The van der Waals surface area contributed by atoms with Gasteiger partial charge in [-0.15, -0.1) is 11.6 Å². The lowest BCUT2D eigenvalue weighted by Crippen LogP contribution is -2.10. The van der Waals surface area contributed by atoms with Crippen molar-refractivity contribution in [3.63, 3.8) is 0 Å². The molecule has 0 saturated heterocycles. The molecule has 64 valence electrons. The van der Waals surface area contributed by atoms with E-state index in [0.717, 1.165) is 28.8 Å². The average Bonchev–Trinajstić information content (AvgIpc) is 2.04. The van der Waals surface area contributed by atoms with Gasteiger partial charge in [-0.2, -0.15) is 0 Å². The quantitative estimate of drug-likeness (QED) is 0.638. The average molecular weight is 248 g/mol. The van der Waals surface area contributed by atoms with Crippen molar-refractivity contribution in [1.29, 1.82) is 0 Å². The Balaban J connectivity index is 2.46. The molecule has 3 heteroatoms. The molecule has 2 rings (SSSR count). The van der Waals surface area contributed by atoms with Crippen molar-refractivity contribution in [2.75, 3.05) is 6.61 Å². The minimum Gasteiger partial charge on any atom is -0.493 e. The molecule has 1 aliphatic rings. The Hall–Kier alpha value is -0.210. The van der Waals surface area contributed by atoms with Gasteiger partial charge in [-0.25, -0.2) is 0 Å². The molecule has 0 N–H and O–H groups in total. The van der Waals surface area contributed by atoms with Gasteiger partial charge in [-0.3, -0.25) is 0 Å². The SMILES string of the molecule is ClC1CCOc2cc(Br)ccc21. The van der Waals surface area contributed by atoms with Gasteiger partial charge in [0.25, 0.3) is 0 Å². The highest BCUT2D eigenvalue weighted by Crippen LogP contribution is 2.37. The van der Waals surface area contributed by atoms with Crippen molar-refractivity contribution < 1.29 is 4.74 Å². The number of rotatable bonds is 0. The van der Waals surface area contributed by atoms with E-state index < -0.39 is 0 Å². The highest BCUT2D eigenvalue weighted by molar-refractivity contribution is 9.10. The van der Waals surface area contributed by atoms with Crippen LogP contribution in [0.2, 0.25) is 0 Å². The summed E-state index contributed by atoms with van der Waals surface area (Å²) < 4.78 is 6.49. The van der Waals surface area contributed by atoms with Crippen LogP contribution in [0.25, 0.3) is 0 Å². The highest BCUT2D eigenvalue weighted by atomic mass is 79.9. The number of halogens is 2. The molecule has 1 aromatic carbocycles. The van der Waals surface area contributed by atoms with E-state index in [1.54, 1.807) is 0 Å². The second-order valence-corrected chi connectivity index (χ2v) is 4.23. The molecule has 1 unspecified atom stereocenters. The highest BCUT2D eigenvalue weighted by Gasteiger charge is 2.18. The van der Waals surface area contributed by atoms with Gasteiger partial charge < -0.3 is 4.74 Å². The van der Waals surface area contributed by atoms with Gasteiger partial charge in [-0.05, 0) is 12.1 Å². The first-order chi connectivity index (χ1) is 5.77. The third kappa shape index (κ3) is 1.46. The number of ether oxygens (including phenoxy) is 1. The number of hydrogen-bond acceptors (Lipinski definition) is 1. The van der Waals surface area contributed by atoms with Crippen molar-refractivity contribution in [2.24, 2.45) is 0 Å². The number of fused-ring (bicyclic) bond motifs is 1. The fourth-order valence-corrected chi connectivity index (χ4v) is 1.93. The smallest absolute Gasteiger partial charge is 0.125 e. The number of hydrogen-bond donors (Lipinski definition) is 0. The van der Waals surface area contributed by atoms with E-state index in [4.69, 9.17) is 16.3 Å². The summed E-state index contributed by atoms with van der Waals surface area (Å²) in [6, 6.07) is 5.96. The minimum atomic E-state index is 0.113. The maximum atomic E-state index is 6.10. The molecule has 0 aromatic heterocycles. The summed E-state index contributed by atoms with van der Waals surface area (Å²) in [6.07, 6.45) is 0.899. The number of benzene rings is 1. The molecule has 0 spiro atoms. The molecular formula is C9H8BrClO. The van der Waals surface area contributed by atoms with Crippen molar-refractivity contribution >= 4 is 27.5 Å². The fourth-order valence-electron chi connectivity index (χ4n) is 1.32. The summed E-state index contributed by atoms with van der Waals surface area (Å²) in [7, 11) is 0. The monoisotopic (exact) mass is 246 g/mol. The molecule has 0 saturated carbocycles. The van der Waals surface area contributed by atoms with Gasteiger partial charge in [0, 0.05) is 16.5 Å². The van der Waals surface area contributed by atoms with E-state index in [0.29, 0.717) is 0 Å². The van der Waals surface area contributed by atoms with E-state index in [9.17, 15) is 0 Å². The largest absolute Gasteiger partial charge is 0.493 e. The van der Waals surface area contributed by atoms with E-state index in [1.807, 2.05) is 18.2 Å². The summed E-state index contributed by atoms with van der Waals surface area (Å²) in [5.41, 5.74) is 1.10. The first kappa shape index (κ1) is 8.39. The zero-order valence-corrected chi connectivity index (χ0v) is 8.73. The molecule has 1 nitrogen and oxygen atoms in total. The standard InChI is InChI=1S/C9H8BrClO/c10-6-1-2-7-8(11)3-4-12-9(7)5-6/h1-2,5,8H,3-4H2. The van der Waals surface area contributed by atoms with Gasteiger partial charge >= 0.3 is 0 Å². The van der Waals surface area contributed by atoms with Crippen LogP contribution in [0.15, 0.2) is 22.7 Å². The van der Waals surface area contributed by atoms with Crippen LogP contribution in [0.1, 0.15) is 17.4 Å². The van der Waals surface area contributed by atoms with E-state index in [-0.39, 0.29) is 5.38 Å². The van der Waals surface area contributed by atoms with Crippen molar-refractivity contribution in [3.05, 3.63) is 28.2 Å². The molecule has 0 aliphatic carbocycles. The maximum absolute atomic E-state index is 6.10. The lowest BCUT2D eigenvalue weighted by Gasteiger charge is -2.21. The van der Waals surface area contributed by atoms with E-state index in [2.05, 4.69) is 15.9 Å². The Morgan fingerprint density at radius 2 is 2.33 bits per heavy atom. The molecule has 0 fully saturated rings. The lowest BCUT2D eigenvalue weighted by atomic mass is 10.1. The topological polar surface area (TPSA) is 9.23 Å². The fraction of sp³-hybridized carbons (Fsp3) is 0.333. The predicted octanol–water partition coefficient (Wildman–Crippen LogP) is 3.51. The Bertz CT molecular complexity index is 301. The summed E-state index contributed by atoms with van der Waals surface area (Å²) in [6.45, 7) is 0.720. The van der Waals surface area contributed by atoms with Crippen LogP contribution in [-0.4, -0.2) is 6.61 Å². The molecule has 0 amide bonds. The zero-order chi connectivity index (χ0) is 8.55. The summed E-state index contributed by atoms with van der Waals surface area (Å²) in [5, 5.41) is 0.113. The maximum Gasteiger partial charge on any atom is 0.125 e. The molecule has 0 radical (unpaired) electrons. The zero-order valence-electron chi connectivity index (χ0n) is 6.39. The normalized spacial score (nSPS) is 21.3. The van der Waals surface area contributed by atoms with Gasteiger partial charge in [0.05, 0.1) is 12.0 Å². The van der Waals surface area contributed by atoms with Crippen LogP contribution >= 0.6 is 27.5 Å². The molecule has 1 aliphatic heterocycles. The van der Waals surface area contributed by atoms with Crippen LogP contribution in [0.3, 0.4) is 0 Å². The van der Waals surface area contributed by atoms with Crippen molar-refractivity contribution in [3.8, 4) is 5.75 Å². The van der Waals surface area contributed by atoms with Gasteiger partial charge in [0.1, 0.15) is 5.75 Å². The first-order valence-corrected chi connectivity index (χ1v) is 5.06. The molecule has 0 bridgehead atoms. The van der Waals surface area contributed by atoms with Gasteiger partial charge in [-0.1, -0.05) is 22.0 Å². The summed E-state index contributed by atoms with van der Waals surface area (Å²) in [4.78, 5) is 0. The third-order valence-corrected chi connectivity index (χ3v) is 2.89.